The van der Waals surface area contributed by atoms with Gasteiger partial charge in [0.1, 0.15) is 0 Å². The Bertz CT molecular complexity index is 1010. The number of nitrogens with one attached hydrogen (secondary N) is 2. The lowest BCUT2D eigenvalue weighted by molar-refractivity contribution is 0.109. The zero-order valence-electron chi connectivity index (χ0n) is 21.5. The first-order valence-corrected chi connectivity index (χ1v) is 12.8. The van der Waals surface area contributed by atoms with E-state index < -0.39 is 6.10 Å². The molecule has 2 aliphatic rings. The molecule has 3 N–H and O–H groups in total. The van der Waals surface area contributed by atoms with Crippen molar-refractivity contribution < 1.29 is 24.1 Å². The molecule has 3 atom stereocenters. The number of piperidine rings is 1. The van der Waals surface area contributed by atoms with Gasteiger partial charge in [-0.1, -0.05) is 23.7 Å². The van der Waals surface area contributed by atoms with Crippen LogP contribution in [0.2, 0.25) is 5.02 Å². The van der Waals surface area contributed by atoms with Crippen molar-refractivity contribution in [2.75, 3.05) is 39.7 Å². The van der Waals surface area contributed by atoms with Gasteiger partial charge < -0.3 is 30.0 Å². The topological polar surface area (TPSA) is 92.3 Å². The van der Waals surface area contributed by atoms with Crippen molar-refractivity contribution in [3.8, 4) is 17.2 Å². The quantitative estimate of drug-likeness (QED) is 0.436. The molecule has 1 aliphatic heterocycles. The molecule has 2 fully saturated rings. The Kier molecular flexibility index (Phi) is 10.6. The van der Waals surface area contributed by atoms with Crippen molar-refractivity contribution in [2.45, 2.75) is 50.3 Å². The second-order valence-corrected chi connectivity index (χ2v) is 10.1. The van der Waals surface area contributed by atoms with Gasteiger partial charge in [-0.3, -0.25) is 4.90 Å². The molecule has 8 nitrogen and oxygen atoms in total. The van der Waals surface area contributed by atoms with E-state index in [2.05, 4.69) is 27.7 Å². The number of rotatable bonds is 8. The minimum atomic E-state index is -0.423. The summed E-state index contributed by atoms with van der Waals surface area (Å²) in [7, 11) is 4.60. The first kappa shape index (κ1) is 29.2. The highest BCUT2D eigenvalue weighted by atomic mass is 35.5. The van der Waals surface area contributed by atoms with Gasteiger partial charge in [0.2, 0.25) is 5.75 Å². The number of benzene rings is 2. The molecule has 0 unspecified atom stereocenters. The van der Waals surface area contributed by atoms with Gasteiger partial charge in [-0.2, -0.15) is 0 Å². The van der Waals surface area contributed by atoms with Gasteiger partial charge in [-0.15, -0.1) is 12.4 Å². The third kappa shape index (κ3) is 7.35. The normalized spacial score (nSPS) is 22.1. The van der Waals surface area contributed by atoms with E-state index in [1.54, 1.807) is 12.1 Å². The summed E-state index contributed by atoms with van der Waals surface area (Å²) in [5.74, 6) is 2.01. The molecule has 1 saturated heterocycles. The summed E-state index contributed by atoms with van der Waals surface area (Å²) in [6.45, 7) is 1.92. The number of ether oxygens (including phenoxy) is 3. The van der Waals surface area contributed by atoms with E-state index in [1.807, 2.05) is 12.1 Å². The highest BCUT2D eigenvalue weighted by molar-refractivity contribution is 6.30. The second kappa shape index (κ2) is 13.4. The Morgan fingerprint density at radius 2 is 1.65 bits per heavy atom. The van der Waals surface area contributed by atoms with Crippen LogP contribution in [-0.4, -0.2) is 68.6 Å². The largest absolute Gasteiger partial charge is 0.493 e. The van der Waals surface area contributed by atoms with Crippen LogP contribution in [0.15, 0.2) is 36.4 Å². The van der Waals surface area contributed by atoms with E-state index in [9.17, 15) is 9.90 Å². The minimum Gasteiger partial charge on any atom is -0.493 e. The number of halogens is 2. The summed E-state index contributed by atoms with van der Waals surface area (Å²) in [6.07, 6.45) is 4.03. The molecule has 0 bridgehead atoms. The van der Waals surface area contributed by atoms with Crippen LogP contribution in [0.4, 0.5) is 10.5 Å². The molecule has 37 heavy (non-hydrogen) atoms. The minimum absolute atomic E-state index is 0. The summed E-state index contributed by atoms with van der Waals surface area (Å²) in [5, 5.41) is 17.1. The van der Waals surface area contributed by atoms with Gasteiger partial charge in [0.05, 0.1) is 33.1 Å². The van der Waals surface area contributed by atoms with Gasteiger partial charge in [0, 0.05) is 29.2 Å². The van der Waals surface area contributed by atoms with Crippen LogP contribution < -0.4 is 24.8 Å². The number of nitrogens with zero attached hydrogens (tertiary/aromatic N) is 1. The standard InChI is InChI=1S/C27H36ClN3O5.ClH/c1-34-24-13-20(14-25(35-2)26(24)36-3)29-27(33)30-22-15-21(32)16-23(22)31-10-8-18(9-11-31)12-17-4-6-19(28)7-5-17;/h4-7,13-14,18,21-23,32H,8-12,15-16H2,1-3H3,(H2,29,30,33);1H/t21-,22+,23-;/m0./s1. The van der Waals surface area contributed by atoms with E-state index in [4.69, 9.17) is 25.8 Å². The van der Waals surface area contributed by atoms with Crippen molar-refractivity contribution in [1.82, 2.24) is 10.2 Å². The molecule has 2 aromatic carbocycles. The van der Waals surface area contributed by atoms with E-state index in [-0.39, 0.29) is 30.5 Å². The lowest BCUT2D eigenvalue weighted by Crippen LogP contribution is -2.52. The van der Waals surface area contributed by atoms with E-state index >= 15 is 0 Å². The van der Waals surface area contributed by atoms with Gasteiger partial charge in [-0.25, -0.2) is 4.79 Å². The molecule has 4 rings (SSSR count). The van der Waals surface area contributed by atoms with Crippen LogP contribution in [0.3, 0.4) is 0 Å². The fourth-order valence-corrected chi connectivity index (χ4v) is 5.61. The van der Waals surface area contributed by atoms with Crippen molar-refractivity contribution in [3.05, 3.63) is 47.0 Å². The summed E-state index contributed by atoms with van der Waals surface area (Å²) < 4.78 is 16.1. The van der Waals surface area contributed by atoms with Crippen LogP contribution in [0.5, 0.6) is 17.2 Å². The van der Waals surface area contributed by atoms with Crippen LogP contribution >= 0.6 is 24.0 Å². The Morgan fingerprint density at radius 1 is 1.03 bits per heavy atom. The lowest BCUT2D eigenvalue weighted by atomic mass is 9.89. The number of carbonyl (C=O) groups is 1. The third-order valence-corrected chi connectivity index (χ3v) is 7.55. The average molecular weight is 555 g/mol. The lowest BCUT2D eigenvalue weighted by Gasteiger charge is -2.38. The number of likely N-dealkylation sites (tertiary alicyclic amines) is 1. The number of aliphatic hydroxyl groups is 1. The molecule has 1 heterocycles. The summed E-state index contributed by atoms with van der Waals surface area (Å²) >= 11 is 6.01. The number of aliphatic hydroxyl groups excluding tert-OH is 1. The monoisotopic (exact) mass is 553 g/mol. The van der Waals surface area contributed by atoms with Crippen molar-refractivity contribution >= 4 is 35.7 Å². The molecule has 0 aromatic heterocycles. The van der Waals surface area contributed by atoms with Crippen LogP contribution in [0.1, 0.15) is 31.2 Å². The SMILES string of the molecule is COc1cc(NC(=O)N[C@@H]2C[C@H](O)C[C@@H]2N2CCC(Cc3ccc(Cl)cc3)CC2)cc(OC)c1OC.Cl. The Balaban J connectivity index is 0.00000380. The molecule has 1 aliphatic carbocycles. The maximum Gasteiger partial charge on any atom is 0.319 e. The van der Waals surface area contributed by atoms with E-state index in [0.29, 0.717) is 41.7 Å². The Morgan fingerprint density at radius 3 is 2.22 bits per heavy atom. The maximum absolute atomic E-state index is 12.9. The molecular formula is C27H37Cl2N3O5. The fraction of sp³-hybridized carbons (Fsp3) is 0.519. The first-order valence-electron chi connectivity index (χ1n) is 12.4. The molecular weight excluding hydrogens is 517 g/mol. The zero-order chi connectivity index (χ0) is 25.7. The van der Waals surface area contributed by atoms with Crippen molar-refractivity contribution in [1.29, 1.82) is 0 Å². The number of methoxy groups -OCH3 is 3. The number of hydrogen-bond donors (Lipinski definition) is 3. The highest BCUT2D eigenvalue weighted by Crippen LogP contribution is 2.40. The molecule has 2 aromatic rings. The molecule has 204 valence electrons. The van der Waals surface area contributed by atoms with Gasteiger partial charge in [-0.05, 0) is 68.8 Å². The second-order valence-electron chi connectivity index (χ2n) is 9.62. The smallest absolute Gasteiger partial charge is 0.319 e. The van der Waals surface area contributed by atoms with E-state index in [1.165, 1.54) is 26.9 Å². The maximum atomic E-state index is 12.9. The Hall–Kier alpha value is -2.39. The number of urea groups is 1. The van der Waals surface area contributed by atoms with Crippen molar-refractivity contribution in [2.24, 2.45) is 5.92 Å². The Labute approximate surface area is 230 Å². The van der Waals surface area contributed by atoms with Gasteiger partial charge in [0.15, 0.2) is 11.5 Å². The zero-order valence-corrected chi connectivity index (χ0v) is 23.1. The van der Waals surface area contributed by atoms with E-state index in [0.717, 1.165) is 37.4 Å². The summed E-state index contributed by atoms with van der Waals surface area (Å²) in [4.78, 5) is 15.3. The molecule has 0 spiro atoms. The van der Waals surface area contributed by atoms with Gasteiger partial charge >= 0.3 is 6.03 Å². The van der Waals surface area contributed by atoms with Crippen LogP contribution in [0, 0.1) is 5.92 Å². The molecule has 0 radical (unpaired) electrons. The number of amides is 2. The predicted octanol–water partition coefficient (Wildman–Crippen LogP) is 4.76. The van der Waals surface area contributed by atoms with Crippen LogP contribution in [-0.2, 0) is 6.42 Å². The van der Waals surface area contributed by atoms with Crippen LogP contribution in [0.25, 0.3) is 0 Å². The molecule has 2 amide bonds. The number of carbonyl (C=O) groups excluding carboxylic acids is 1. The summed E-state index contributed by atoms with van der Waals surface area (Å²) in [5.41, 5.74) is 1.84. The first-order chi connectivity index (χ1) is 17.4. The van der Waals surface area contributed by atoms with Crippen molar-refractivity contribution in [3.63, 3.8) is 0 Å². The molecule has 1 saturated carbocycles. The predicted molar refractivity (Wildman–Crippen MR) is 148 cm³/mol. The number of anilines is 1. The third-order valence-electron chi connectivity index (χ3n) is 7.30. The highest BCUT2D eigenvalue weighted by Gasteiger charge is 2.39. The number of hydrogen-bond acceptors (Lipinski definition) is 6. The fourth-order valence-electron chi connectivity index (χ4n) is 5.48. The van der Waals surface area contributed by atoms with Gasteiger partial charge in [0.25, 0.3) is 0 Å². The average Bonchev–Trinajstić information content (AvgIpc) is 3.24. The summed E-state index contributed by atoms with van der Waals surface area (Å²) in [6, 6.07) is 11.1. The molecule has 10 heteroatoms.